The van der Waals surface area contributed by atoms with E-state index in [1.165, 1.54) is 0 Å². The molecule has 3 rings (SSSR count). The number of carbonyl (C=O) groups excluding carboxylic acids is 1. The van der Waals surface area contributed by atoms with Gasteiger partial charge in [0.2, 0.25) is 5.82 Å². The van der Waals surface area contributed by atoms with Crippen molar-refractivity contribution in [2.45, 2.75) is 26.4 Å². The van der Waals surface area contributed by atoms with Crippen molar-refractivity contribution in [1.29, 1.82) is 0 Å². The Balaban J connectivity index is 1.52. The van der Waals surface area contributed by atoms with E-state index in [0.717, 1.165) is 16.7 Å². The minimum Gasteiger partial charge on any atom is -0.456 e. The van der Waals surface area contributed by atoms with Gasteiger partial charge < -0.3 is 9.26 Å². The maximum Gasteiger partial charge on any atom is 0.306 e. The molecule has 0 fully saturated rings. The minimum absolute atomic E-state index is 0.00744. The highest BCUT2D eigenvalue weighted by atomic mass is 16.6. The van der Waals surface area contributed by atoms with Crippen molar-refractivity contribution < 1.29 is 14.1 Å². The molecule has 0 saturated carbocycles. The molecule has 0 aliphatic heterocycles. The third-order valence-corrected chi connectivity index (χ3v) is 3.67. The summed E-state index contributed by atoms with van der Waals surface area (Å²) < 4.78 is 10.3. The SMILES string of the molecule is Cc1ccccc1-c1noc(COC(=O)CCc2ccccc2)n1. The first-order valence-corrected chi connectivity index (χ1v) is 7.80. The molecule has 0 N–H and O–H groups in total. The van der Waals surface area contributed by atoms with Gasteiger partial charge in [0.05, 0.1) is 0 Å². The molecule has 1 aromatic heterocycles. The molecule has 5 heteroatoms. The van der Waals surface area contributed by atoms with Crippen LogP contribution in [0.3, 0.4) is 0 Å². The van der Waals surface area contributed by atoms with Crippen LogP contribution in [-0.4, -0.2) is 16.1 Å². The number of aryl methyl sites for hydroxylation is 2. The summed E-state index contributed by atoms with van der Waals surface area (Å²) in [5, 5.41) is 3.94. The first-order chi connectivity index (χ1) is 11.7. The predicted molar refractivity (Wildman–Crippen MR) is 89.0 cm³/mol. The Bertz CT molecular complexity index is 812. The summed E-state index contributed by atoms with van der Waals surface area (Å²) in [5.41, 5.74) is 3.07. The molecule has 0 aliphatic rings. The Morgan fingerprint density at radius 1 is 1.08 bits per heavy atom. The van der Waals surface area contributed by atoms with Gasteiger partial charge in [-0.25, -0.2) is 0 Å². The fourth-order valence-electron chi connectivity index (χ4n) is 2.35. The molecule has 122 valence electrons. The van der Waals surface area contributed by atoms with E-state index in [1.807, 2.05) is 61.5 Å². The fourth-order valence-corrected chi connectivity index (χ4v) is 2.35. The molecular formula is C19H18N2O3. The monoisotopic (exact) mass is 322 g/mol. The van der Waals surface area contributed by atoms with Gasteiger partial charge in [0, 0.05) is 12.0 Å². The highest BCUT2D eigenvalue weighted by Gasteiger charge is 2.12. The lowest BCUT2D eigenvalue weighted by Crippen LogP contribution is -2.06. The molecule has 0 aliphatic carbocycles. The van der Waals surface area contributed by atoms with Crippen LogP contribution < -0.4 is 0 Å². The normalized spacial score (nSPS) is 10.5. The van der Waals surface area contributed by atoms with E-state index >= 15 is 0 Å². The molecule has 5 nitrogen and oxygen atoms in total. The van der Waals surface area contributed by atoms with Crippen LogP contribution in [0.15, 0.2) is 59.1 Å². The lowest BCUT2D eigenvalue weighted by atomic mass is 10.1. The molecule has 1 heterocycles. The molecule has 0 unspecified atom stereocenters. The summed E-state index contributed by atoms with van der Waals surface area (Å²) >= 11 is 0. The standard InChI is InChI=1S/C19H18N2O3/c1-14-7-5-6-10-16(14)19-20-17(24-21-19)13-23-18(22)12-11-15-8-3-2-4-9-15/h2-10H,11-13H2,1H3. The smallest absolute Gasteiger partial charge is 0.306 e. The van der Waals surface area contributed by atoms with E-state index in [2.05, 4.69) is 10.1 Å². The van der Waals surface area contributed by atoms with E-state index in [0.29, 0.717) is 24.6 Å². The number of hydrogen-bond donors (Lipinski definition) is 0. The Labute approximate surface area is 140 Å². The number of rotatable bonds is 6. The van der Waals surface area contributed by atoms with Crippen LogP contribution in [-0.2, 0) is 22.6 Å². The highest BCUT2D eigenvalue weighted by Crippen LogP contribution is 2.20. The molecule has 0 spiro atoms. The molecule has 0 atom stereocenters. The zero-order valence-electron chi connectivity index (χ0n) is 13.4. The van der Waals surface area contributed by atoms with Gasteiger partial charge in [-0.1, -0.05) is 59.8 Å². The van der Waals surface area contributed by atoms with Crippen LogP contribution in [0.2, 0.25) is 0 Å². The van der Waals surface area contributed by atoms with Gasteiger partial charge >= 0.3 is 5.97 Å². The van der Waals surface area contributed by atoms with E-state index in [4.69, 9.17) is 9.26 Å². The van der Waals surface area contributed by atoms with Crippen LogP contribution >= 0.6 is 0 Å². The van der Waals surface area contributed by atoms with Crippen LogP contribution in [0.4, 0.5) is 0 Å². The lowest BCUT2D eigenvalue weighted by molar-refractivity contribution is -0.145. The first-order valence-electron chi connectivity index (χ1n) is 7.80. The van der Waals surface area contributed by atoms with Gasteiger partial charge in [0.1, 0.15) is 0 Å². The average molecular weight is 322 g/mol. The summed E-state index contributed by atoms with van der Waals surface area (Å²) in [5.74, 6) is 0.513. The largest absolute Gasteiger partial charge is 0.456 e. The van der Waals surface area contributed by atoms with Gasteiger partial charge in [0.25, 0.3) is 5.89 Å². The van der Waals surface area contributed by atoms with Crippen LogP contribution in [0.25, 0.3) is 11.4 Å². The van der Waals surface area contributed by atoms with Crippen LogP contribution in [0.1, 0.15) is 23.4 Å². The Morgan fingerprint density at radius 3 is 2.62 bits per heavy atom. The topological polar surface area (TPSA) is 65.2 Å². The molecule has 24 heavy (non-hydrogen) atoms. The van der Waals surface area contributed by atoms with E-state index in [-0.39, 0.29) is 12.6 Å². The van der Waals surface area contributed by atoms with Gasteiger partial charge in [0.15, 0.2) is 6.61 Å². The Hall–Kier alpha value is -2.95. The quantitative estimate of drug-likeness (QED) is 0.647. The van der Waals surface area contributed by atoms with Crippen LogP contribution in [0, 0.1) is 6.92 Å². The molecule has 2 aromatic carbocycles. The summed E-state index contributed by atoms with van der Waals surface area (Å²) in [7, 11) is 0. The van der Waals surface area contributed by atoms with Crippen molar-refractivity contribution in [3.05, 3.63) is 71.6 Å². The lowest BCUT2D eigenvalue weighted by Gasteiger charge is -2.02. The molecular weight excluding hydrogens is 304 g/mol. The zero-order valence-corrected chi connectivity index (χ0v) is 13.4. The highest BCUT2D eigenvalue weighted by molar-refractivity contribution is 5.69. The maximum absolute atomic E-state index is 11.8. The summed E-state index contributed by atoms with van der Waals surface area (Å²) in [6, 6.07) is 17.6. The number of aromatic nitrogens is 2. The third kappa shape index (κ3) is 4.07. The number of nitrogens with zero attached hydrogens (tertiary/aromatic N) is 2. The van der Waals surface area contributed by atoms with Gasteiger partial charge in [-0.05, 0) is 24.5 Å². The molecule has 0 amide bonds. The number of benzene rings is 2. The van der Waals surface area contributed by atoms with Crippen molar-refractivity contribution in [1.82, 2.24) is 10.1 Å². The van der Waals surface area contributed by atoms with Crippen molar-refractivity contribution >= 4 is 5.97 Å². The van der Waals surface area contributed by atoms with Gasteiger partial charge in [-0.2, -0.15) is 4.98 Å². The number of esters is 1. The van der Waals surface area contributed by atoms with Gasteiger partial charge in [-0.15, -0.1) is 0 Å². The Kier molecular flexibility index (Phi) is 5.01. The fraction of sp³-hybridized carbons (Fsp3) is 0.211. The molecule has 0 bridgehead atoms. The van der Waals surface area contributed by atoms with E-state index in [9.17, 15) is 4.79 Å². The number of ether oxygens (including phenoxy) is 1. The van der Waals surface area contributed by atoms with Crippen LogP contribution in [0.5, 0.6) is 0 Å². The van der Waals surface area contributed by atoms with Crippen molar-refractivity contribution in [3.63, 3.8) is 0 Å². The molecule has 0 saturated heterocycles. The minimum atomic E-state index is -0.283. The second-order valence-electron chi connectivity index (χ2n) is 5.47. The first kappa shape index (κ1) is 15.9. The number of carbonyl (C=O) groups is 1. The summed E-state index contributed by atoms with van der Waals surface area (Å²) in [6.45, 7) is 1.97. The van der Waals surface area contributed by atoms with E-state index in [1.54, 1.807) is 0 Å². The average Bonchev–Trinajstić information content (AvgIpc) is 3.08. The maximum atomic E-state index is 11.8. The predicted octanol–water partition coefficient (Wildman–Crippen LogP) is 3.72. The van der Waals surface area contributed by atoms with Gasteiger partial charge in [-0.3, -0.25) is 4.79 Å². The second-order valence-corrected chi connectivity index (χ2v) is 5.47. The summed E-state index contributed by atoms with van der Waals surface area (Å²) in [4.78, 5) is 16.1. The van der Waals surface area contributed by atoms with Crippen molar-refractivity contribution in [2.75, 3.05) is 0 Å². The third-order valence-electron chi connectivity index (χ3n) is 3.67. The zero-order chi connectivity index (χ0) is 16.8. The van der Waals surface area contributed by atoms with Crippen molar-refractivity contribution in [2.24, 2.45) is 0 Å². The number of hydrogen-bond acceptors (Lipinski definition) is 5. The summed E-state index contributed by atoms with van der Waals surface area (Å²) in [6.07, 6.45) is 0.973. The Morgan fingerprint density at radius 2 is 1.83 bits per heavy atom. The molecule has 0 radical (unpaired) electrons. The molecule has 3 aromatic rings. The van der Waals surface area contributed by atoms with E-state index < -0.39 is 0 Å². The second kappa shape index (κ2) is 7.55. The van der Waals surface area contributed by atoms with Crippen molar-refractivity contribution in [3.8, 4) is 11.4 Å².